The van der Waals surface area contributed by atoms with Crippen LogP contribution in [0.3, 0.4) is 0 Å². The Balaban J connectivity index is 1.05. The molecule has 4 heterocycles. The van der Waals surface area contributed by atoms with Crippen molar-refractivity contribution in [2.75, 3.05) is 50.2 Å². The second kappa shape index (κ2) is 15.9. The normalized spacial score (nSPS) is 20.5. The molecule has 12 heteroatoms. The van der Waals surface area contributed by atoms with Crippen LogP contribution in [0.5, 0.6) is 0 Å². The van der Waals surface area contributed by atoms with Crippen molar-refractivity contribution in [1.29, 1.82) is 0 Å². The largest absolute Gasteiger partial charge is 0.378 e. The molecule has 3 fully saturated rings. The van der Waals surface area contributed by atoms with Crippen molar-refractivity contribution in [1.82, 2.24) is 14.8 Å². The van der Waals surface area contributed by atoms with Crippen LogP contribution >= 0.6 is 11.8 Å². The van der Waals surface area contributed by atoms with Gasteiger partial charge in [-0.1, -0.05) is 60.3 Å². The zero-order chi connectivity index (χ0) is 35.2. The van der Waals surface area contributed by atoms with Gasteiger partial charge in [-0.05, 0) is 72.5 Å². The number of amidine groups is 1. The highest BCUT2D eigenvalue weighted by Crippen LogP contribution is 2.41. The number of carbonyl (C=O) groups excluding carboxylic acids is 3. The van der Waals surface area contributed by atoms with E-state index in [0.29, 0.717) is 43.6 Å². The lowest BCUT2D eigenvalue weighted by Crippen LogP contribution is -2.45. The van der Waals surface area contributed by atoms with Crippen molar-refractivity contribution < 1.29 is 23.9 Å². The van der Waals surface area contributed by atoms with Gasteiger partial charge in [-0.25, -0.2) is 4.99 Å². The number of aromatic nitrogens is 1. The Morgan fingerprint density at radius 2 is 1.71 bits per heavy atom. The zero-order valence-electron chi connectivity index (χ0n) is 28.4. The molecule has 3 amide bonds. The van der Waals surface area contributed by atoms with Gasteiger partial charge in [-0.3, -0.25) is 24.3 Å². The first kappa shape index (κ1) is 34.4. The van der Waals surface area contributed by atoms with Crippen LogP contribution in [0.2, 0.25) is 0 Å². The molecule has 1 unspecified atom stereocenters. The van der Waals surface area contributed by atoms with Crippen molar-refractivity contribution in [3.8, 4) is 0 Å². The van der Waals surface area contributed by atoms with Gasteiger partial charge in [0.2, 0.25) is 11.8 Å². The van der Waals surface area contributed by atoms with E-state index < -0.39 is 17.4 Å². The predicted octanol–water partition coefficient (Wildman–Crippen LogP) is 5.74. The molecule has 51 heavy (non-hydrogen) atoms. The van der Waals surface area contributed by atoms with Gasteiger partial charge in [-0.2, -0.15) is 0 Å². The number of amides is 3. The summed E-state index contributed by atoms with van der Waals surface area (Å²) in [5, 5.41) is 3.07. The van der Waals surface area contributed by atoms with E-state index in [1.54, 1.807) is 28.1 Å². The number of ether oxygens (including phenoxy) is 2. The van der Waals surface area contributed by atoms with E-state index in [4.69, 9.17) is 14.5 Å². The number of hydrogen-bond acceptors (Lipinski definition) is 9. The molecule has 0 spiro atoms. The Hall–Kier alpha value is -5.04. The lowest BCUT2D eigenvalue weighted by Gasteiger charge is -2.28. The van der Waals surface area contributed by atoms with Crippen molar-refractivity contribution in [3.63, 3.8) is 0 Å². The summed E-state index contributed by atoms with van der Waals surface area (Å²) in [5.41, 5.74) is 4.77. The van der Waals surface area contributed by atoms with Gasteiger partial charge in [0.05, 0.1) is 31.1 Å². The third kappa shape index (κ3) is 7.83. The van der Waals surface area contributed by atoms with E-state index >= 15 is 0 Å². The Morgan fingerprint density at radius 3 is 2.41 bits per heavy atom. The van der Waals surface area contributed by atoms with E-state index in [9.17, 15) is 14.4 Å². The Labute approximate surface area is 301 Å². The molecule has 3 saturated heterocycles. The number of likely N-dealkylation sites (tertiary alicyclic amines) is 1. The van der Waals surface area contributed by atoms with Gasteiger partial charge < -0.3 is 24.6 Å². The van der Waals surface area contributed by atoms with Crippen LogP contribution in [0.1, 0.15) is 41.0 Å². The van der Waals surface area contributed by atoms with E-state index in [0.717, 1.165) is 47.7 Å². The number of methoxy groups -OCH3 is 1. The number of pyridine rings is 1. The highest BCUT2D eigenvalue weighted by atomic mass is 32.2. The first-order valence-electron chi connectivity index (χ1n) is 17.2. The molecule has 0 aliphatic carbocycles. The second-order valence-corrected chi connectivity index (χ2v) is 13.7. The number of anilines is 2. The number of nitrogens with zero attached hydrogens (tertiary/aromatic N) is 5. The molecule has 0 bridgehead atoms. The minimum absolute atomic E-state index is 0.0858. The van der Waals surface area contributed by atoms with Crippen LogP contribution < -0.4 is 10.2 Å². The number of nitrogens with one attached hydrogen (secondary N) is 1. The monoisotopic (exact) mass is 704 g/mol. The van der Waals surface area contributed by atoms with Gasteiger partial charge in [0.15, 0.2) is 11.3 Å². The van der Waals surface area contributed by atoms with Crippen LogP contribution in [-0.4, -0.2) is 83.7 Å². The Morgan fingerprint density at radius 1 is 0.961 bits per heavy atom. The van der Waals surface area contributed by atoms with Gasteiger partial charge in [0.1, 0.15) is 11.3 Å². The lowest BCUT2D eigenvalue weighted by atomic mass is 10.1. The smallest absolute Gasteiger partial charge is 0.257 e. The fourth-order valence-corrected chi connectivity index (χ4v) is 7.82. The van der Waals surface area contributed by atoms with Gasteiger partial charge in [0.25, 0.3) is 5.91 Å². The first-order chi connectivity index (χ1) is 25.0. The van der Waals surface area contributed by atoms with E-state index in [-0.39, 0.29) is 17.7 Å². The average molecular weight is 705 g/mol. The zero-order valence-corrected chi connectivity index (χ0v) is 29.2. The van der Waals surface area contributed by atoms with Gasteiger partial charge in [0, 0.05) is 44.3 Å². The molecule has 0 radical (unpaired) electrons. The quantitative estimate of drug-likeness (QED) is 0.222. The molecule has 1 aromatic heterocycles. The summed E-state index contributed by atoms with van der Waals surface area (Å²) in [6.45, 7) is 3.91. The van der Waals surface area contributed by atoms with Crippen LogP contribution in [0, 0.1) is 0 Å². The maximum Gasteiger partial charge on any atom is 0.257 e. The van der Waals surface area contributed by atoms with Crippen molar-refractivity contribution in [2.24, 2.45) is 4.99 Å². The van der Waals surface area contributed by atoms with Crippen molar-refractivity contribution in [3.05, 3.63) is 120 Å². The molecule has 262 valence electrons. The number of benzene rings is 3. The molecule has 7 rings (SSSR count). The number of morpholine rings is 1. The molecule has 3 aromatic carbocycles. The molecule has 3 atom stereocenters. The highest BCUT2D eigenvalue weighted by molar-refractivity contribution is 8.15. The van der Waals surface area contributed by atoms with Crippen molar-refractivity contribution >= 4 is 51.7 Å². The number of rotatable bonds is 10. The van der Waals surface area contributed by atoms with E-state index in [1.165, 1.54) is 18.9 Å². The van der Waals surface area contributed by atoms with Crippen LogP contribution in [0.25, 0.3) is 0 Å². The van der Waals surface area contributed by atoms with E-state index in [1.807, 2.05) is 72.8 Å². The molecule has 3 aliphatic heterocycles. The fourth-order valence-electron chi connectivity index (χ4n) is 6.65. The SMILES string of the molecule is CO[C@@H](C(=O)N1CCC[C@H]1C(=O)Nc1ccc(C2SC(=Nc3ccc(N4CCOCC4)cc3)N(Cc3ccccn3)C2=O)cc1)c1ccccc1. The predicted molar refractivity (Wildman–Crippen MR) is 198 cm³/mol. The molecular weight excluding hydrogens is 665 g/mol. The molecule has 1 N–H and O–H groups in total. The summed E-state index contributed by atoms with van der Waals surface area (Å²) in [4.78, 5) is 55.9. The van der Waals surface area contributed by atoms with Crippen LogP contribution in [0.15, 0.2) is 108 Å². The highest BCUT2D eigenvalue weighted by Gasteiger charge is 2.40. The molecule has 3 aliphatic rings. The van der Waals surface area contributed by atoms with Crippen molar-refractivity contribution in [2.45, 2.75) is 36.8 Å². The maximum absolute atomic E-state index is 14.0. The van der Waals surface area contributed by atoms with E-state index in [2.05, 4.69) is 27.3 Å². The summed E-state index contributed by atoms with van der Waals surface area (Å²) < 4.78 is 11.0. The molecule has 0 saturated carbocycles. The number of aliphatic imine (C=N–C) groups is 1. The summed E-state index contributed by atoms with van der Waals surface area (Å²) in [6, 6.07) is 29.7. The third-order valence-corrected chi connectivity index (χ3v) is 10.6. The number of thioether (sulfide) groups is 1. The first-order valence-corrected chi connectivity index (χ1v) is 18.0. The molecule has 11 nitrogen and oxygen atoms in total. The van der Waals surface area contributed by atoms with Crippen LogP contribution in [0.4, 0.5) is 17.1 Å². The summed E-state index contributed by atoms with van der Waals surface area (Å²) in [5.74, 6) is -0.565. The van der Waals surface area contributed by atoms with Gasteiger partial charge in [-0.15, -0.1) is 0 Å². The van der Waals surface area contributed by atoms with Gasteiger partial charge >= 0.3 is 0 Å². The standard InChI is InChI=1S/C39H40N6O5S/c1-49-34(27-8-3-2-4-9-27)37(47)44-21-7-11-33(44)36(46)41-29-14-12-28(13-15-29)35-38(48)45(26-31-10-5-6-20-40-31)39(51-35)42-30-16-18-32(19-17-30)43-22-24-50-25-23-43/h2-6,8-10,12-20,33-35H,7,11,21-26H2,1H3,(H,41,46)/t33-,34+,35?/m0/s1. The Bertz CT molecular complexity index is 1850. The topological polar surface area (TPSA) is 117 Å². The second-order valence-electron chi connectivity index (χ2n) is 12.6. The summed E-state index contributed by atoms with van der Waals surface area (Å²) in [6.07, 6.45) is 2.24. The molecule has 4 aromatic rings. The molecular formula is C39H40N6O5S. The summed E-state index contributed by atoms with van der Waals surface area (Å²) >= 11 is 1.40. The minimum Gasteiger partial charge on any atom is -0.378 e. The minimum atomic E-state index is -0.777. The Kier molecular flexibility index (Phi) is 10.7. The number of hydrogen-bond donors (Lipinski definition) is 1. The van der Waals surface area contributed by atoms with Crippen LogP contribution in [-0.2, 0) is 30.4 Å². The maximum atomic E-state index is 14.0. The fraction of sp³-hybridized carbons (Fsp3) is 0.308. The average Bonchev–Trinajstić information content (AvgIpc) is 3.79. The lowest BCUT2D eigenvalue weighted by molar-refractivity contribution is -0.146. The third-order valence-electron chi connectivity index (χ3n) is 9.32. The number of carbonyl (C=O) groups is 3. The summed E-state index contributed by atoms with van der Waals surface area (Å²) in [7, 11) is 1.51.